The van der Waals surface area contributed by atoms with Gasteiger partial charge in [-0.2, -0.15) is 0 Å². The van der Waals surface area contributed by atoms with Crippen LogP contribution < -0.4 is 9.46 Å². The Morgan fingerprint density at radius 1 is 1.27 bits per heavy atom. The van der Waals surface area contributed by atoms with Crippen LogP contribution in [0.15, 0.2) is 18.2 Å². The van der Waals surface area contributed by atoms with Crippen molar-refractivity contribution in [3.8, 4) is 5.75 Å². The predicted molar refractivity (Wildman–Crippen MR) is 127 cm³/mol. The van der Waals surface area contributed by atoms with Gasteiger partial charge in [-0.1, -0.05) is 6.92 Å². The molecule has 11 heteroatoms. The summed E-state index contributed by atoms with van der Waals surface area (Å²) in [5, 5.41) is 0. The van der Waals surface area contributed by atoms with Crippen LogP contribution in [0.1, 0.15) is 24.2 Å². The molecular weight excluding hydrogens is 448 g/mol. The van der Waals surface area contributed by atoms with Crippen LogP contribution in [0.5, 0.6) is 5.75 Å². The molecule has 1 aromatic carbocycles. The molecule has 1 heterocycles. The summed E-state index contributed by atoms with van der Waals surface area (Å²) < 4.78 is 37.4. The van der Waals surface area contributed by atoms with E-state index in [9.17, 15) is 18.0 Å². The first-order valence-corrected chi connectivity index (χ1v) is 12.7. The molecule has 1 aliphatic rings. The van der Waals surface area contributed by atoms with Crippen molar-refractivity contribution < 1.29 is 27.5 Å². The Morgan fingerprint density at radius 3 is 2.52 bits per heavy atom. The number of nitrogens with zero attached hydrogens (tertiary/aromatic N) is 3. The summed E-state index contributed by atoms with van der Waals surface area (Å²) in [6.07, 6.45) is 0.769. The fourth-order valence-electron chi connectivity index (χ4n) is 3.76. The summed E-state index contributed by atoms with van der Waals surface area (Å²) >= 11 is 0. The number of benzene rings is 1. The number of carbonyl (C=O) groups is 2. The zero-order valence-corrected chi connectivity index (χ0v) is 21.3. The van der Waals surface area contributed by atoms with Gasteiger partial charge in [0.05, 0.1) is 36.2 Å². The molecule has 2 amide bonds. The SMILES string of the molecule is CO[C@@H]1CN(C)C(=O)c2ccc(NS(C)(=O)=O)cc2OC[C@H](C)N(C(=O)CN(C)C)C[C@H]1C. The Hall–Kier alpha value is -2.37. The second kappa shape index (κ2) is 11.2. The molecule has 0 saturated heterocycles. The number of amides is 2. The molecular formula is C22H36N4O6S. The van der Waals surface area contributed by atoms with Gasteiger partial charge < -0.3 is 24.2 Å². The lowest BCUT2D eigenvalue weighted by Crippen LogP contribution is -2.50. The minimum Gasteiger partial charge on any atom is -0.491 e. The van der Waals surface area contributed by atoms with Crippen molar-refractivity contribution in [2.45, 2.75) is 26.0 Å². The van der Waals surface area contributed by atoms with Crippen molar-refractivity contribution in [3.63, 3.8) is 0 Å². The molecule has 3 atom stereocenters. The van der Waals surface area contributed by atoms with Crippen molar-refractivity contribution in [2.24, 2.45) is 5.92 Å². The standard InChI is InChI=1S/C22H36N4O6S/c1-15-11-26(21(27)13-24(3)4)16(2)14-32-19-10-17(23-33(7,29)30)8-9-18(19)22(28)25(5)12-20(15)31-6/h8-10,15-16,20,23H,11-14H2,1-7H3/t15-,16+,20-/m1/s1. The molecule has 2 rings (SSSR count). The van der Waals surface area contributed by atoms with E-state index in [0.717, 1.165) is 6.26 Å². The molecule has 33 heavy (non-hydrogen) atoms. The summed E-state index contributed by atoms with van der Waals surface area (Å²) in [5.74, 6) is -0.0834. The van der Waals surface area contributed by atoms with Crippen molar-refractivity contribution in [1.29, 1.82) is 0 Å². The highest BCUT2D eigenvalue weighted by molar-refractivity contribution is 7.92. The summed E-state index contributed by atoms with van der Waals surface area (Å²) in [6.45, 7) is 5.05. The van der Waals surface area contributed by atoms with Gasteiger partial charge in [0.15, 0.2) is 0 Å². The van der Waals surface area contributed by atoms with Gasteiger partial charge in [0.2, 0.25) is 15.9 Å². The molecule has 10 nitrogen and oxygen atoms in total. The van der Waals surface area contributed by atoms with E-state index in [-0.39, 0.29) is 54.5 Å². The number of hydrogen-bond acceptors (Lipinski definition) is 7. The number of sulfonamides is 1. The first-order valence-electron chi connectivity index (χ1n) is 10.8. The molecule has 0 saturated carbocycles. The predicted octanol–water partition coefficient (Wildman–Crippen LogP) is 0.952. The monoisotopic (exact) mass is 484 g/mol. The number of rotatable bonds is 5. The van der Waals surface area contributed by atoms with Gasteiger partial charge in [-0.15, -0.1) is 0 Å². The van der Waals surface area contributed by atoms with Gasteiger partial charge in [0, 0.05) is 39.2 Å². The number of anilines is 1. The van der Waals surface area contributed by atoms with Gasteiger partial charge >= 0.3 is 0 Å². The van der Waals surface area contributed by atoms with Crippen LogP contribution in [0.3, 0.4) is 0 Å². The molecule has 0 aliphatic carbocycles. The maximum Gasteiger partial charge on any atom is 0.257 e. The van der Waals surface area contributed by atoms with E-state index in [2.05, 4.69) is 4.72 Å². The van der Waals surface area contributed by atoms with E-state index in [1.165, 1.54) is 18.2 Å². The molecule has 0 fully saturated rings. The second-order valence-corrected chi connectivity index (χ2v) is 10.7. The van der Waals surface area contributed by atoms with E-state index in [1.807, 2.05) is 32.8 Å². The normalized spacial score (nSPS) is 22.8. The van der Waals surface area contributed by atoms with Gasteiger partial charge in [0.25, 0.3) is 5.91 Å². The number of likely N-dealkylation sites (N-methyl/N-ethyl adjacent to an activating group) is 2. The van der Waals surface area contributed by atoms with Crippen LogP contribution in [0, 0.1) is 5.92 Å². The zero-order chi connectivity index (χ0) is 24.9. The summed E-state index contributed by atoms with van der Waals surface area (Å²) in [5.41, 5.74) is 0.591. The summed E-state index contributed by atoms with van der Waals surface area (Å²) in [6, 6.07) is 4.26. The number of hydrogen-bond donors (Lipinski definition) is 1. The van der Waals surface area contributed by atoms with Crippen LogP contribution in [0.4, 0.5) is 5.69 Å². The largest absolute Gasteiger partial charge is 0.491 e. The molecule has 0 unspecified atom stereocenters. The van der Waals surface area contributed by atoms with E-state index < -0.39 is 10.0 Å². The third kappa shape index (κ3) is 7.58. The van der Waals surface area contributed by atoms with Crippen LogP contribution in [0.2, 0.25) is 0 Å². The Balaban J connectivity index is 2.47. The highest BCUT2D eigenvalue weighted by Gasteiger charge is 2.30. The van der Waals surface area contributed by atoms with E-state index in [0.29, 0.717) is 18.7 Å². The minimum absolute atomic E-state index is 0.0287. The molecule has 1 aliphatic heterocycles. The van der Waals surface area contributed by atoms with Crippen molar-refractivity contribution in [1.82, 2.24) is 14.7 Å². The third-order valence-electron chi connectivity index (χ3n) is 5.52. The van der Waals surface area contributed by atoms with E-state index in [1.54, 1.807) is 24.0 Å². The van der Waals surface area contributed by atoms with Crippen LogP contribution in [-0.4, -0.2) is 108 Å². The van der Waals surface area contributed by atoms with Gasteiger partial charge in [-0.3, -0.25) is 14.3 Å². The molecule has 1 aromatic rings. The van der Waals surface area contributed by atoms with Gasteiger partial charge in [-0.25, -0.2) is 8.42 Å². The molecule has 1 N–H and O–H groups in total. The highest BCUT2D eigenvalue weighted by atomic mass is 32.2. The number of carbonyl (C=O) groups excluding carboxylic acids is 2. The van der Waals surface area contributed by atoms with Crippen molar-refractivity contribution in [3.05, 3.63) is 23.8 Å². The molecule has 0 spiro atoms. The van der Waals surface area contributed by atoms with Crippen LogP contribution in [0.25, 0.3) is 0 Å². The maximum absolute atomic E-state index is 13.2. The van der Waals surface area contributed by atoms with Crippen LogP contribution in [-0.2, 0) is 19.6 Å². The Labute approximate surface area is 196 Å². The van der Waals surface area contributed by atoms with Crippen molar-refractivity contribution in [2.75, 3.05) is 65.5 Å². The third-order valence-corrected chi connectivity index (χ3v) is 6.13. The number of fused-ring (bicyclic) bond motifs is 1. The lowest BCUT2D eigenvalue weighted by atomic mass is 10.0. The second-order valence-electron chi connectivity index (χ2n) is 8.97. The Kier molecular flexibility index (Phi) is 9.10. The Bertz CT molecular complexity index is 952. The maximum atomic E-state index is 13.2. The molecule has 0 radical (unpaired) electrons. The fourth-order valence-corrected chi connectivity index (χ4v) is 4.31. The van der Waals surface area contributed by atoms with Crippen LogP contribution >= 0.6 is 0 Å². The fraction of sp³-hybridized carbons (Fsp3) is 0.636. The smallest absolute Gasteiger partial charge is 0.257 e. The van der Waals surface area contributed by atoms with Crippen molar-refractivity contribution >= 4 is 27.5 Å². The Morgan fingerprint density at radius 2 is 1.94 bits per heavy atom. The lowest BCUT2D eigenvalue weighted by Gasteiger charge is -2.36. The molecule has 186 valence electrons. The first-order chi connectivity index (χ1) is 15.3. The topological polar surface area (TPSA) is 108 Å². The molecule has 0 bridgehead atoms. The zero-order valence-electron chi connectivity index (χ0n) is 20.5. The quantitative estimate of drug-likeness (QED) is 0.663. The van der Waals surface area contributed by atoms with Gasteiger partial charge in [0.1, 0.15) is 12.4 Å². The summed E-state index contributed by atoms with van der Waals surface area (Å²) in [4.78, 5) is 31.3. The average molecular weight is 485 g/mol. The lowest BCUT2D eigenvalue weighted by molar-refractivity contribution is -0.136. The first kappa shape index (κ1) is 26.9. The minimum atomic E-state index is -3.50. The van der Waals surface area contributed by atoms with Gasteiger partial charge in [-0.05, 0) is 33.2 Å². The summed E-state index contributed by atoms with van der Waals surface area (Å²) in [7, 11) is 3.45. The highest BCUT2D eigenvalue weighted by Crippen LogP contribution is 2.27. The van der Waals surface area contributed by atoms with E-state index >= 15 is 0 Å². The number of nitrogens with one attached hydrogen (secondary N) is 1. The number of ether oxygens (including phenoxy) is 2. The van der Waals surface area contributed by atoms with E-state index in [4.69, 9.17) is 9.47 Å². The number of methoxy groups -OCH3 is 1. The average Bonchev–Trinajstić information content (AvgIpc) is 2.70. The molecule has 0 aromatic heterocycles.